The third-order valence-corrected chi connectivity index (χ3v) is 1.04. The minimum absolute atomic E-state index is 0.623. The lowest BCUT2D eigenvalue weighted by atomic mass is 10.9. The van der Waals surface area contributed by atoms with Crippen LogP contribution in [0.15, 0.2) is 0 Å². The first-order valence-electron chi connectivity index (χ1n) is 1.82. The van der Waals surface area contributed by atoms with E-state index in [0.717, 1.165) is 0 Å². The van der Waals surface area contributed by atoms with Crippen molar-refractivity contribution in [1.82, 2.24) is 0 Å². The maximum atomic E-state index is 11.6. The lowest BCUT2D eigenvalue weighted by Gasteiger charge is -1.92. The molecule has 0 N–H and O–H groups in total. The van der Waals surface area contributed by atoms with Gasteiger partial charge in [-0.05, 0) is 19.6 Å². The zero-order valence-electron chi connectivity index (χ0n) is 3.78. The molecule has 0 aromatic carbocycles. The predicted molar refractivity (Wildman–Crippen MR) is 28.4 cm³/mol. The van der Waals surface area contributed by atoms with E-state index in [0.29, 0.717) is 5.75 Å². The van der Waals surface area contributed by atoms with Crippen LogP contribution in [0, 0.1) is 6.92 Å². The van der Waals surface area contributed by atoms with Crippen LogP contribution in [0.4, 0.5) is 4.39 Å². The number of rotatable bonds is 2. The van der Waals surface area contributed by atoms with E-state index in [1.54, 1.807) is 0 Å². The maximum Gasteiger partial charge on any atom is 0.143 e. The lowest BCUT2D eigenvalue weighted by molar-refractivity contribution is 0.484. The van der Waals surface area contributed by atoms with Crippen molar-refractivity contribution in [2.75, 3.05) is 5.75 Å². The molecule has 2 heteroatoms. The Morgan fingerprint density at radius 3 is 2.50 bits per heavy atom. The zero-order chi connectivity index (χ0) is 4.99. The molecule has 0 nitrogen and oxygen atoms in total. The van der Waals surface area contributed by atoms with Crippen molar-refractivity contribution in [2.24, 2.45) is 0 Å². The molecular weight excluding hydrogens is 99.1 g/mol. The van der Waals surface area contributed by atoms with E-state index in [2.05, 4.69) is 6.92 Å². The molecule has 1 radical (unpaired) electrons. The summed E-state index contributed by atoms with van der Waals surface area (Å²) in [4.78, 5) is 0. The molecule has 0 aliphatic heterocycles. The Morgan fingerprint density at radius 2 is 2.50 bits per heavy atom. The lowest BCUT2D eigenvalue weighted by Crippen LogP contribution is -1.81. The highest BCUT2D eigenvalue weighted by molar-refractivity contribution is 7.99. The molecule has 0 amide bonds. The first-order chi connectivity index (χ1) is 2.77. The Kier molecular flexibility index (Phi) is 3.63. The number of halogens is 1. The summed E-state index contributed by atoms with van der Waals surface area (Å²) in [5.41, 5.74) is -0.748. The molecule has 0 bridgehead atoms. The van der Waals surface area contributed by atoms with Crippen molar-refractivity contribution < 1.29 is 4.39 Å². The van der Waals surface area contributed by atoms with Gasteiger partial charge in [-0.25, -0.2) is 4.39 Å². The highest BCUT2D eigenvalue weighted by Crippen LogP contribution is 2.08. The molecule has 0 heterocycles. The van der Waals surface area contributed by atoms with Crippen LogP contribution in [0.2, 0.25) is 0 Å². The van der Waals surface area contributed by atoms with Gasteiger partial charge in [0.2, 0.25) is 0 Å². The third-order valence-electron chi connectivity index (χ3n) is 0.348. The summed E-state index contributed by atoms with van der Waals surface area (Å²) in [5, 5.41) is 0. The molecule has 1 atom stereocenters. The highest BCUT2D eigenvalue weighted by atomic mass is 32.2. The second-order valence-corrected chi connectivity index (χ2v) is 2.30. The maximum absolute atomic E-state index is 11.6. The van der Waals surface area contributed by atoms with Crippen molar-refractivity contribution in [3.8, 4) is 0 Å². The fraction of sp³-hybridized carbons (Fsp3) is 0.750. The molecule has 0 fully saturated rings. The first-order valence-corrected chi connectivity index (χ1v) is 2.87. The van der Waals surface area contributed by atoms with E-state index >= 15 is 0 Å². The normalized spacial score (nSPS) is 14.5. The van der Waals surface area contributed by atoms with Crippen molar-refractivity contribution in [3.63, 3.8) is 0 Å². The zero-order valence-corrected chi connectivity index (χ0v) is 4.59. The second kappa shape index (κ2) is 3.47. The minimum atomic E-state index is -0.748. The van der Waals surface area contributed by atoms with Crippen molar-refractivity contribution in [2.45, 2.75) is 12.4 Å². The van der Waals surface area contributed by atoms with Crippen LogP contribution in [-0.2, 0) is 0 Å². The Balaban J connectivity index is 2.63. The van der Waals surface area contributed by atoms with Crippen molar-refractivity contribution in [3.05, 3.63) is 6.92 Å². The first kappa shape index (κ1) is 6.28. The van der Waals surface area contributed by atoms with Gasteiger partial charge in [0, 0.05) is 0 Å². The van der Waals surface area contributed by atoms with E-state index in [1.165, 1.54) is 18.7 Å². The molecule has 0 saturated carbocycles. The SMILES string of the molecule is [CH2]CSC(C)F. The van der Waals surface area contributed by atoms with Crippen LogP contribution in [-0.4, -0.2) is 11.3 Å². The van der Waals surface area contributed by atoms with Gasteiger partial charge in [-0.3, -0.25) is 0 Å². The van der Waals surface area contributed by atoms with Crippen molar-refractivity contribution in [1.29, 1.82) is 0 Å². The van der Waals surface area contributed by atoms with Crippen LogP contribution in [0.1, 0.15) is 6.92 Å². The number of alkyl halides is 1. The van der Waals surface area contributed by atoms with Crippen molar-refractivity contribution >= 4 is 11.8 Å². The Bertz CT molecular complexity index is 28.7. The van der Waals surface area contributed by atoms with E-state index in [1.807, 2.05) is 0 Å². The molecular formula is C4H8FS. The highest BCUT2D eigenvalue weighted by Gasteiger charge is 1.90. The van der Waals surface area contributed by atoms with Gasteiger partial charge >= 0.3 is 0 Å². The van der Waals surface area contributed by atoms with Crippen LogP contribution in [0.3, 0.4) is 0 Å². The van der Waals surface area contributed by atoms with E-state index in [4.69, 9.17) is 0 Å². The van der Waals surface area contributed by atoms with E-state index in [9.17, 15) is 4.39 Å². The number of thioether (sulfide) groups is 1. The van der Waals surface area contributed by atoms with Gasteiger partial charge in [0.1, 0.15) is 5.50 Å². The smallest absolute Gasteiger partial charge is 0.143 e. The number of hydrogen-bond donors (Lipinski definition) is 0. The number of hydrogen-bond acceptors (Lipinski definition) is 1. The summed E-state index contributed by atoms with van der Waals surface area (Å²) in [6.07, 6.45) is 0. The predicted octanol–water partition coefficient (Wildman–Crippen LogP) is 1.87. The van der Waals surface area contributed by atoms with Gasteiger partial charge in [-0.15, -0.1) is 11.8 Å². The quantitative estimate of drug-likeness (QED) is 0.519. The van der Waals surface area contributed by atoms with Crippen LogP contribution >= 0.6 is 11.8 Å². The van der Waals surface area contributed by atoms with Gasteiger partial charge in [0.25, 0.3) is 0 Å². The molecule has 1 unspecified atom stereocenters. The average Bonchev–Trinajstić information content (AvgIpc) is 1.35. The van der Waals surface area contributed by atoms with Gasteiger partial charge in [0.05, 0.1) is 0 Å². The summed E-state index contributed by atoms with van der Waals surface area (Å²) >= 11 is 1.21. The summed E-state index contributed by atoms with van der Waals surface area (Å²) in [5.74, 6) is 0.623. The largest absolute Gasteiger partial charge is 0.236 e. The fourth-order valence-corrected chi connectivity index (χ4v) is 0.487. The molecule has 0 rings (SSSR count). The molecule has 0 spiro atoms. The fourth-order valence-electron chi connectivity index (χ4n) is 0.162. The molecule has 0 aliphatic rings. The Morgan fingerprint density at radius 1 is 2.00 bits per heavy atom. The Labute approximate surface area is 42.1 Å². The molecule has 37 valence electrons. The molecule has 0 aromatic rings. The van der Waals surface area contributed by atoms with Crippen LogP contribution in [0.25, 0.3) is 0 Å². The second-order valence-electron chi connectivity index (χ2n) is 0.914. The van der Waals surface area contributed by atoms with Gasteiger partial charge < -0.3 is 0 Å². The topological polar surface area (TPSA) is 0 Å². The molecule has 0 saturated heterocycles. The monoisotopic (exact) mass is 107 g/mol. The van der Waals surface area contributed by atoms with Crippen LogP contribution in [0.5, 0.6) is 0 Å². The summed E-state index contributed by atoms with van der Waals surface area (Å²) in [6, 6.07) is 0. The minimum Gasteiger partial charge on any atom is -0.236 e. The van der Waals surface area contributed by atoms with Crippen LogP contribution < -0.4 is 0 Å². The standard InChI is InChI=1S/C4H8FS/c1-3-6-4(2)5/h4H,1,3H2,2H3. The summed E-state index contributed by atoms with van der Waals surface area (Å²) in [7, 11) is 0. The summed E-state index contributed by atoms with van der Waals surface area (Å²) < 4.78 is 11.6. The van der Waals surface area contributed by atoms with Gasteiger partial charge in [0.15, 0.2) is 0 Å². The third kappa shape index (κ3) is 4.28. The average molecular weight is 107 g/mol. The molecule has 0 aliphatic carbocycles. The molecule has 6 heavy (non-hydrogen) atoms. The van der Waals surface area contributed by atoms with E-state index in [-0.39, 0.29) is 0 Å². The van der Waals surface area contributed by atoms with Gasteiger partial charge in [-0.2, -0.15) is 0 Å². The van der Waals surface area contributed by atoms with Gasteiger partial charge in [-0.1, -0.05) is 0 Å². The summed E-state index contributed by atoms with van der Waals surface area (Å²) in [6.45, 7) is 4.96. The molecule has 0 aromatic heterocycles. The van der Waals surface area contributed by atoms with E-state index < -0.39 is 5.50 Å². The Hall–Kier alpha value is 0.280.